The zero-order chi connectivity index (χ0) is 27.7. The third-order valence-corrected chi connectivity index (χ3v) is 7.17. The van der Waals surface area contributed by atoms with Gasteiger partial charge in [0, 0.05) is 18.5 Å². The fraction of sp³-hybridized carbons (Fsp3) is 0.400. The summed E-state index contributed by atoms with van der Waals surface area (Å²) in [6.07, 6.45) is 3.76. The average molecular weight is 549 g/mol. The number of H-pyrrole nitrogens is 1. The van der Waals surface area contributed by atoms with Crippen molar-refractivity contribution in [1.82, 2.24) is 20.1 Å². The van der Waals surface area contributed by atoms with Gasteiger partial charge < -0.3 is 15.0 Å². The number of aromatic amines is 1. The number of pyridine rings is 1. The molecule has 1 aliphatic rings. The van der Waals surface area contributed by atoms with E-state index >= 15 is 4.39 Å². The second-order valence-electron chi connectivity index (χ2n) is 9.93. The highest BCUT2D eigenvalue weighted by atomic mass is 32.2. The van der Waals surface area contributed by atoms with Gasteiger partial charge in [-0.05, 0) is 57.4 Å². The topological polar surface area (TPSA) is 129 Å². The lowest BCUT2D eigenvalue weighted by atomic mass is 10.0. The van der Waals surface area contributed by atoms with Crippen molar-refractivity contribution in [3.05, 3.63) is 47.8 Å². The van der Waals surface area contributed by atoms with Gasteiger partial charge in [0.1, 0.15) is 17.1 Å². The Bertz CT molecular complexity index is 1500. The predicted molar refractivity (Wildman–Crippen MR) is 142 cm³/mol. The lowest BCUT2D eigenvalue weighted by Gasteiger charge is -2.29. The number of hydrogen-bond acceptors (Lipinski definition) is 7. The summed E-state index contributed by atoms with van der Waals surface area (Å²) in [5, 5.41) is 10.5. The largest absolute Gasteiger partial charge is 0.444 e. The van der Waals surface area contributed by atoms with Crippen molar-refractivity contribution in [2.45, 2.75) is 46.1 Å². The maximum atomic E-state index is 15.1. The Hall–Kier alpha value is -3.74. The molecule has 4 rings (SSSR count). The predicted octanol–water partition coefficient (Wildman–Crippen LogP) is 5.16. The third kappa shape index (κ3) is 6.21. The van der Waals surface area contributed by atoms with E-state index in [4.69, 9.17) is 4.74 Å². The van der Waals surface area contributed by atoms with Gasteiger partial charge in [0.2, 0.25) is 10.0 Å². The van der Waals surface area contributed by atoms with E-state index in [1.165, 1.54) is 6.20 Å². The molecule has 0 bridgehead atoms. The molecule has 0 aliphatic carbocycles. The van der Waals surface area contributed by atoms with E-state index in [0.29, 0.717) is 42.7 Å². The molecule has 3 aromatic rings. The number of carbonyl (C=O) groups excluding carboxylic acids is 1. The van der Waals surface area contributed by atoms with Crippen LogP contribution in [0.5, 0.6) is 0 Å². The molecule has 0 atom stereocenters. The summed E-state index contributed by atoms with van der Waals surface area (Å²) in [7, 11) is -3.77. The van der Waals surface area contributed by atoms with Gasteiger partial charge in [-0.25, -0.2) is 27.0 Å². The van der Waals surface area contributed by atoms with Crippen LogP contribution in [0.3, 0.4) is 0 Å². The molecular weight excluding hydrogens is 518 g/mol. The number of aromatic nitrogens is 3. The number of rotatable bonds is 7. The Balaban J connectivity index is 1.58. The molecule has 0 radical (unpaired) electrons. The van der Waals surface area contributed by atoms with Gasteiger partial charge in [-0.15, -0.1) is 0 Å². The number of benzene rings is 1. The van der Waals surface area contributed by atoms with Crippen molar-refractivity contribution in [3.8, 4) is 0 Å². The van der Waals surface area contributed by atoms with Crippen LogP contribution >= 0.6 is 0 Å². The van der Waals surface area contributed by atoms with Crippen molar-refractivity contribution in [2.24, 2.45) is 0 Å². The van der Waals surface area contributed by atoms with Crippen LogP contribution in [0.25, 0.3) is 16.6 Å². The number of ether oxygens (including phenoxy) is 1. The van der Waals surface area contributed by atoms with E-state index in [1.54, 1.807) is 17.9 Å². The first-order chi connectivity index (χ1) is 17.9. The number of nitrogens with zero attached hydrogens (tertiary/aromatic N) is 3. The second kappa shape index (κ2) is 10.6. The summed E-state index contributed by atoms with van der Waals surface area (Å²) in [6, 6.07) is 3.66. The molecule has 2 aromatic heterocycles. The zero-order valence-corrected chi connectivity index (χ0v) is 22.4. The molecular formula is C25H30F2N6O4S. The van der Waals surface area contributed by atoms with Gasteiger partial charge in [0.25, 0.3) is 0 Å². The maximum absolute atomic E-state index is 15.1. The van der Waals surface area contributed by atoms with Gasteiger partial charge in [-0.3, -0.25) is 9.82 Å². The lowest BCUT2D eigenvalue weighted by molar-refractivity contribution is 0.0270. The summed E-state index contributed by atoms with van der Waals surface area (Å²) in [5.74, 6) is -2.16. The molecule has 0 unspecified atom stereocenters. The van der Waals surface area contributed by atoms with Crippen LogP contribution in [0.1, 0.15) is 46.2 Å². The van der Waals surface area contributed by atoms with E-state index in [-0.39, 0.29) is 17.1 Å². The Kier molecular flexibility index (Phi) is 7.58. The Morgan fingerprint density at radius 3 is 2.68 bits per heavy atom. The maximum Gasteiger partial charge on any atom is 0.410 e. The van der Waals surface area contributed by atoms with E-state index in [0.717, 1.165) is 17.7 Å². The molecule has 1 aromatic carbocycles. The molecule has 1 aliphatic heterocycles. The van der Waals surface area contributed by atoms with Crippen molar-refractivity contribution < 1.29 is 26.7 Å². The molecule has 204 valence electrons. The van der Waals surface area contributed by atoms with Crippen LogP contribution in [-0.2, 0) is 14.8 Å². The Labute approximate surface area is 219 Å². The monoisotopic (exact) mass is 548 g/mol. The van der Waals surface area contributed by atoms with Crippen molar-refractivity contribution >= 4 is 49.8 Å². The van der Waals surface area contributed by atoms with Crippen LogP contribution in [0, 0.1) is 11.6 Å². The first kappa shape index (κ1) is 27.3. The highest BCUT2D eigenvalue weighted by molar-refractivity contribution is 7.92. The number of halogens is 2. The molecule has 0 fully saturated rings. The van der Waals surface area contributed by atoms with Crippen molar-refractivity contribution in [1.29, 1.82) is 0 Å². The zero-order valence-electron chi connectivity index (χ0n) is 21.6. The number of hydrogen-bond donors (Lipinski definition) is 3. The Morgan fingerprint density at radius 1 is 1.26 bits per heavy atom. The van der Waals surface area contributed by atoms with E-state index < -0.39 is 39.0 Å². The van der Waals surface area contributed by atoms with Crippen LogP contribution in [0.2, 0.25) is 0 Å². The average Bonchev–Trinajstić information content (AvgIpc) is 3.26. The summed E-state index contributed by atoms with van der Waals surface area (Å²) in [5.41, 5.74) is 0.813. The molecule has 10 nitrogen and oxygen atoms in total. The van der Waals surface area contributed by atoms with E-state index in [2.05, 4.69) is 25.2 Å². The van der Waals surface area contributed by atoms with E-state index in [1.807, 2.05) is 26.8 Å². The number of amides is 1. The summed E-state index contributed by atoms with van der Waals surface area (Å²) >= 11 is 0. The highest BCUT2D eigenvalue weighted by Crippen LogP contribution is 2.32. The molecule has 38 heavy (non-hydrogen) atoms. The normalized spacial score (nSPS) is 14.4. The van der Waals surface area contributed by atoms with Crippen molar-refractivity contribution in [3.63, 3.8) is 0 Å². The number of sulfonamides is 1. The van der Waals surface area contributed by atoms with Gasteiger partial charge >= 0.3 is 6.09 Å². The second-order valence-corrected chi connectivity index (χ2v) is 11.8. The van der Waals surface area contributed by atoms with Crippen LogP contribution in [0.4, 0.5) is 30.6 Å². The Morgan fingerprint density at radius 2 is 2.03 bits per heavy atom. The minimum atomic E-state index is -3.77. The third-order valence-electron chi connectivity index (χ3n) is 5.69. The van der Waals surface area contributed by atoms with Gasteiger partial charge in [0.15, 0.2) is 11.5 Å². The standard InChI is InChI=1S/C25H30F2N6O4S/c1-5-12-38(35,36)32-19-7-6-18(26)22(20(19)27)29-16-13-17-21(30-31-23(17)28-14-16)15-8-10-33(11-9-15)24(34)37-25(2,3)4/h6-8,13-14,29,32H,5,9-12H2,1-4H3,(H,28,30,31). The highest BCUT2D eigenvalue weighted by Gasteiger charge is 2.25. The minimum Gasteiger partial charge on any atom is -0.444 e. The number of fused-ring (bicyclic) bond motifs is 1. The first-order valence-electron chi connectivity index (χ1n) is 12.1. The number of anilines is 3. The van der Waals surface area contributed by atoms with Gasteiger partial charge in [0.05, 0.1) is 29.0 Å². The quantitative estimate of drug-likeness (QED) is 0.372. The first-order valence-corrected chi connectivity index (χ1v) is 13.8. The summed E-state index contributed by atoms with van der Waals surface area (Å²) in [4.78, 5) is 18.2. The lowest BCUT2D eigenvalue weighted by Crippen LogP contribution is -2.39. The fourth-order valence-corrected chi connectivity index (χ4v) is 5.11. The van der Waals surface area contributed by atoms with Gasteiger partial charge in [-0.2, -0.15) is 5.10 Å². The molecule has 3 heterocycles. The number of carbonyl (C=O) groups is 1. The molecule has 0 saturated carbocycles. The molecule has 0 saturated heterocycles. The van der Waals surface area contributed by atoms with Crippen LogP contribution in [0.15, 0.2) is 30.5 Å². The van der Waals surface area contributed by atoms with Crippen molar-refractivity contribution in [2.75, 3.05) is 28.9 Å². The summed E-state index contributed by atoms with van der Waals surface area (Å²) in [6.45, 7) is 7.91. The smallest absolute Gasteiger partial charge is 0.410 e. The fourth-order valence-electron chi connectivity index (χ4n) is 3.98. The molecule has 0 spiro atoms. The minimum absolute atomic E-state index is 0.193. The SMILES string of the molecule is CCCS(=O)(=O)Nc1ccc(F)c(Nc2cnc3n[nH]c(C4=CCN(C(=O)OC(C)(C)C)CC4)c3c2)c1F. The molecule has 3 N–H and O–H groups in total. The number of nitrogens with one attached hydrogen (secondary N) is 3. The summed E-state index contributed by atoms with van der Waals surface area (Å²) < 4.78 is 61.4. The van der Waals surface area contributed by atoms with Gasteiger partial charge in [-0.1, -0.05) is 13.0 Å². The molecule has 13 heteroatoms. The van der Waals surface area contributed by atoms with Crippen LogP contribution < -0.4 is 10.0 Å². The van der Waals surface area contributed by atoms with E-state index in [9.17, 15) is 17.6 Å². The molecule has 1 amide bonds. The van der Waals surface area contributed by atoms with Crippen LogP contribution in [-0.4, -0.2) is 59.0 Å².